The number of nitrogens with two attached hydrogens (primary N) is 1. The Balaban J connectivity index is 1.63. The lowest BCUT2D eigenvalue weighted by atomic mass is 10.2. The first kappa shape index (κ1) is 13.4. The molecule has 0 unspecified atom stereocenters. The Labute approximate surface area is 120 Å². The summed E-state index contributed by atoms with van der Waals surface area (Å²) in [7, 11) is 0. The van der Waals surface area contributed by atoms with Gasteiger partial charge in [-0.1, -0.05) is 11.3 Å². The summed E-state index contributed by atoms with van der Waals surface area (Å²) in [6.45, 7) is 1.10. The zero-order valence-electron chi connectivity index (χ0n) is 11.3. The van der Waals surface area contributed by atoms with E-state index in [1.165, 1.54) is 0 Å². The quantitative estimate of drug-likeness (QED) is 0.778. The monoisotopic (exact) mass is 289 g/mol. The molecule has 2 aromatic rings. The molecule has 0 saturated heterocycles. The molecule has 21 heavy (non-hydrogen) atoms. The van der Waals surface area contributed by atoms with E-state index in [4.69, 9.17) is 15.2 Å². The van der Waals surface area contributed by atoms with Gasteiger partial charge in [0.2, 0.25) is 12.7 Å². The number of rotatable bonds is 5. The SMILES string of the molecule is NCC(=O)NCc1cn(Cc2ccc3c(c2)OCO3)nn1. The van der Waals surface area contributed by atoms with Gasteiger partial charge in [-0.25, -0.2) is 4.68 Å². The second-order valence-electron chi connectivity index (χ2n) is 4.58. The average Bonchev–Trinajstić information content (AvgIpc) is 3.13. The molecule has 0 radical (unpaired) electrons. The second-order valence-corrected chi connectivity index (χ2v) is 4.58. The van der Waals surface area contributed by atoms with Gasteiger partial charge in [0.1, 0.15) is 5.69 Å². The Hall–Kier alpha value is -2.61. The van der Waals surface area contributed by atoms with Crippen molar-refractivity contribution in [3.63, 3.8) is 0 Å². The van der Waals surface area contributed by atoms with E-state index in [0.717, 1.165) is 17.1 Å². The van der Waals surface area contributed by atoms with Crippen LogP contribution in [-0.2, 0) is 17.9 Å². The topological polar surface area (TPSA) is 104 Å². The molecular weight excluding hydrogens is 274 g/mol. The minimum atomic E-state index is -0.222. The van der Waals surface area contributed by atoms with Gasteiger partial charge in [0, 0.05) is 0 Å². The number of nitrogens with one attached hydrogen (secondary N) is 1. The Morgan fingerprint density at radius 2 is 2.24 bits per heavy atom. The molecule has 110 valence electrons. The number of ether oxygens (including phenoxy) is 2. The standard InChI is InChI=1S/C13H15N5O3/c14-4-13(19)15-5-10-7-18(17-16-10)6-9-1-2-11-12(3-9)21-8-20-11/h1-3,7H,4-6,8,14H2,(H,15,19). The molecule has 1 aliphatic rings. The Bertz CT molecular complexity index is 655. The number of fused-ring (bicyclic) bond motifs is 1. The number of carbonyl (C=O) groups excluding carboxylic acids is 1. The highest BCUT2D eigenvalue weighted by Gasteiger charge is 2.13. The van der Waals surface area contributed by atoms with Crippen molar-refractivity contribution in [2.45, 2.75) is 13.1 Å². The maximum atomic E-state index is 11.1. The van der Waals surface area contributed by atoms with Gasteiger partial charge in [0.05, 0.1) is 25.8 Å². The Morgan fingerprint density at radius 3 is 3.10 bits per heavy atom. The van der Waals surface area contributed by atoms with E-state index in [2.05, 4.69) is 15.6 Å². The van der Waals surface area contributed by atoms with Crippen LogP contribution in [-0.4, -0.2) is 34.2 Å². The fourth-order valence-electron chi connectivity index (χ4n) is 1.98. The summed E-state index contributed by atoms with van der Waals surface area (Å²) in [4.78, 5) is 11.1. The van der Waals surface area contributed by atoms with E-state index < -0.39 is 0 Å². The van der Waals surface area contributed by atoms with Crippen LogP contribution < -0.4 is 20.5 Å². The molecule has 0 bridgehead atoms. The van der Waals surface area contributed by atoms with Crippen LogP contribution in [0.3, 0.4) is 0 Å². The van der Waals surface area contributed by atoms with E-state index in [0.29, 0.717) is 18.8 Å². The molecule has 0 atom stereocenters. The number of carbonyl (C=O) groups is 1. The summed E-state index contributed by atoms with van der Waals surface area (Å²) in [5.74, 6) is 1.27. The van der Waals surface area contributed by atoms with Gasteiger partial charge in [0.25, 0.3) is 0 Å². The van der Waals surface area contributed by atoms with Gasteiger partial charge >= 0.3 is 0 Å². The molecule has 8 heteroatoms. The number of benzene rings is 1. The molecule has 0 saturated carbocycles. The van der Waals surface area contributed by atoms with Gasteiger partial charge < -0.3 is 20.5 Å². The smallest absolute Gasteiger partial charge is 0.234 e. The molecule has 0 fully saturated rings. The average molecular weight is 289 g/mol. The highest BCUT2D eigenvalue weighted by molar-refractivity contribution is 5.77. The summed E-state index contributed by atoms with van der Waals surface area (Å²) < 4.78 is 12.3. The lowest BCUT2D eigenvalue weighted by Crippen LogP contribution is -2.29. The van der Waals surface area contributed by atoms with Crippen molar-refractivity contribution in [2.24, 2.45) is 5.73 Å². The highest BCUT2D eigenvalue weighted by atomic mass is 16.7. The first-order valence-electron chi connectivity index (χ1n) is 6.49. The molecule has 0 aliphatic carbocycles. The number of aromatic nitrogens is 3. The predicted octanol–water partition coefficient (Wildman–Crippen LogP) is -0.370. The molecular formula is C13H15N5O3. The van der Waals surface area contributed by atoms with Gasteiger partial charge in [-0.15, -0.1) is 5.10 Å². The van der Waals surface area contributed by atoms with E-state index in [1.807, 2.05) is 18.2 Å². The third-order valence-corrected chi connectivity index (χ3v) is 3.02. The zero-order chi connectivity index (χ0) is 14.7. The fourth-order valence-corrected chi connectivity index (χ4v) is 1.98. The zero-order valence-corrected chi connectivity index (χ0v) is 11.3. The van der Waals surface area contributed by atoms with Crippen LogP contribution in [0.2, 0.25) is 0 Å². The van der Waals surface area contributed by atoms with Crippen LogP contribution in [0.5, 0.6) is 11.5 Å². The minimum absolute atomic E-state index is 0.0364. The number of hydrogen-bond donors (Lipinski definition) is 2. The first-order chi connectivity index (χ1) is 10.2. The third-order valence-electron chi connectivity index (χ3n) is 3.02. The van der Waals surface area contributed by atoms with Crippen LogP contribution >= 0.6 is 0 Å². The van der Waals surface area contributed by atoms with E-state index in [1.54, 1.807) is 10.9 Å². The highest BCUT2D eigenvalue weighted by Crippen LogP contribution is 2.32. The van der Waals surface area contributed by atoms with Crippen molar-refractivity contribution in [3.8, 4) is 11.5 Å². The lowest BCUT2D eigenvalue weighted by molar-refractivity contribution is -0.119. The molecule has 3 N–H and O–H groups in total. The summed E-state index contributed by atoms with van der Waals surface area (Å²) in [5.41, 5.74) is 6.92. The Kier molecular flexibility index (Phi) is 3.69. The van der Waals surface area contributed by atoms with E-state index in [9.17, 15) is 4.79 Å². The van der Waals surface area contributed by atoms with Crippen molar-refractivity contribution in [2.75, 3.05) is 13.3 Å². The molecule has 1 aromatic carbocycles. The van der Waals surface area contributed by atoms with Gasteiger partial charge in [0.15, 0.2) is 11.5 Å². The third kappa shape index (κ3) is 3.11. The normalized spacial score (nSPS) is 12.4. The maximum Gasteiger partial charge on any atom is 0.234 e. The van der Waals surface area contributed by atoms with Crippen molar-refractivity contribution in [1.82, 2.24) is 20.3 Å². The van der Waals surface area contributed by atoms with Crippen molar-refractivity contribution in [3.05, 3.63) is 35.7 Å². The van der Waals surface area contributed by atoms with E-state index >= 15 is 0 Å². The Morgan fingerprint density at radius 1 is 1.38 bits per heavy atom. The lowest BCUT2D eigenvalue weighted by Gasteiger charge is -2.02. The molecule has 1 amide bonds. The van der Waals surface area contributed by atoms with E-state index in [-0.39, 0.29) is 19.2 Å². The summed E-state index contributed by atoms with van der Waals surface area (Å²) in [5, 5.41) is 10.7. The van der Waals surface area contributed by atoms with Crippen molar-refractivity contribution < 1.29 is 14.3 Å². The summed E-state index contributed by atoms with van der Waals surface area (Å²) >= 11 is 0. The van der Waals surface area contributed by atoms with Crippen molar-refractivity contribution in [1.29, 1.82) is 0 Å². The molecule has 1 aliphatic heterocycles. The van der Waals surface area contributed by atoms with Crippen molar-refractivity contribution >= 4 is 5.91 Å². The van der Waals surface area contributed by atoms with Gasteiger partial charge in [-0.05, 0) is 17.7 Å². The number of hydrogen-bond acceptors (Lipinski definition) is 6. The largest absolute Gasteiger partial charge is 0.454 e. The summed E-state index contributed by atoms with van der Waals surface area (Å²) in [6, 6.07) is 5.74. The van der Waals surface area contributed by atoms with Crippen LogP contribution in [0.25, 0.3) is 0 Å². The van der Waals surface area contributed by atoms with Crippen LogP contribution in [0.15, 0.2) is 24.4 Å². The van der Waals surface area contributed by atoms with Crippen LogP contribution in [0.4, 0.5) is 0 Å². The number of amides is 1. The maximum absolute atomic E-state index is 11.1. The molecule has 0 spiro atoms. The minimum Gasteiger partial charge on any atom is -0.454 e. The van der Waals surface area contributed by atoms with Gasteiger partial charge in [-0.3, -0.25) is 4.79 Å². The number of nitrogens with zero attached hydrogens (tertiary/aromatic N) is 3. The molecule has 3 rings (SSSR count). The molecule has 8 nitrogen and oxygen atoms in total. The van der Waals surface area contributed by atoms with Gasteiger partial charge in [-0.2, -0.15) is 0 Å². The first-order valence-corrected chi connectivity index (χ1v) is 6.49. The summed E-state index contributed by atoms with van der Waals surface area (Å²) in [6.07, 6.45) is 1.78. The fraction of sp³-hybridized carbons (Fsp3) is 0.308. The van der Waals surface area contributed by atoms with Crippen LogP contribution in [0, 0.1) is 0 Å². The molecule has 2 heterocycles. The molecule has 1 aromatic heterocycles. The van der Waals surface area contributed by atoms with Crippen LogP contribution in [0.1, 0.15) is 11.3 Å². The predicted molar refractivity (Wildman–Crippen MR) is 72.6 cm³/mol. The second kappa shape index (κ2) is 5.80.